The van der Waals surface area contributed by atoms with Crippen LogP contribution in [0, 0.1) is 0 Å². The summed E-state index contributed by atoms with van der Waals surface area (Å²) in [7, 11) is -0.116. The molecule has 0 radical (unpaired) electrons. The topological polar surface area (TPSA) is 6.48 Å². The van der Waals surface area contributed by atoms with Crippen molar-refractivity contribution < 1.29 is 0 Å². The van der Waals surface area contributed by atoms with Crippen molar-refractivity contribution in [3.63, 3.8) is 0 Å². The van der Waals surface area contributed by atoms with Crippen LogP contribution in [0.1, 0.15) is 40.5 Å². The van der Waals surface area contributed by atoms with E-state index in [0.29, 0.717) is 0 Å². The van der Waals surface area contributed by atoms with E-state index in [9.17, 15) is 0 Å². The van der Waals surface area contributed by atoms with Crippen molar-refractivity contribution in [3.8, 4) is 0 Å². The van der Waals surface area contributed by atoms with Gasteiger partial charge in [-0.3, -0.25) is 0 Å². The highest BCUT2D eigenvalue weighted by molar-refractivity contribution is 6.28. The normalized spacial score (nSPS) is 12.5. The van der Waals surface area contributed by atoms with E-state index in [1.165, 1.54) is 39.0 Å². The fourth-order valence-corrected chi connectivity index (χ4v) is 3.47. The molecule has 80 valence electrons. The summed E-state index contributed by atoms with van der Waals surface area (Å²) >= 11 is 0. The first kappa shape index (κ1) is 13.1. The van der Waals surface area contributed by atoms with Gasteiger partial charge >= 0.3 is 0 Å². The van der Waals surface area contributed by atoms with Crippen molar-refractivity contribution in [1.82, 2.24) is 9.13 Å². The van der Waals surface area contributed by atoms with E-state index in [0.717, 1.165) is 0 Å². The Balaban J connectivity index is 3.76. The molecule has 0 atom stereocenters. The molecule has 0 rings (SSSR count). The van der Waals surface area contributed by atoms with E-state index in [1.54, 1.807) is 0 Å². The molecule has 0 aliphatic heterocycles. The maximum atomic E-state index is 2.69. The Hall–Kier alpha value is 0.137. The van der Waals surface area contributed by atoms with Crippen LogP contribution in [0.25, 0.3) is 0 Å². The van der Waals surface area contributed by atoms with E-state index in [4.69, 9.17) is 0 Å². The summed E-state index contributed by atoms with van der Waals surface area (Å²) in [6, 6.07) is 0. The zero-order valence-corrected chi connectivity index (χ0v) is 11.3. The molecule has 0 aliphatic carbocycles. The van der Waals surface area contributed by atoms with Crippen LogP contribution in [0.3, 0.4) is 0 Å². The predicted molar refractivity (Wildman–Crippen MR) is 63.6 cm³/mol. The quantitative estimate of drug-likeness (QED) is 0.550. The first-order chi connectivity index (χ1) is 6.28. The third-order valence-corrected chi connectivity index (χ3v) is 4.70. The average Bonchev–Trinajstić information content (AvgIpc) is 2.14. The van der Waals surface area contributed by atoms with Crippen LogP contribution in [-0.2, 0) is 0 Å². The second-order valence-electron chi connectivity index (χ2n) is 3.56. The Morgan fingerprint density at radius 1 is 0.769 bits per heavy atom. The summed E-state index contributed by atoms with van der Waals surface area (Å²) in [6.45, 7) is 14.2. The summed E-state index contributed by atoms with van der Waals surface area (Å²) in [6.07, 6.45) is 2.60. The van der Waals surface area contributed by atoms with Gasteiger partial charge in [0.15, 0.2) is 9.84 Å². The molecular formula is C10H26N2Si. The highest BCUT2D eigenvalue weighted by Crippen LogP contribution is 1.95. The van der Waals surface area contributed by atoms with Crippen LogP contribution < -0.4 is 0 Å². The number of rotatable bonds is 8. The van der Waals surface area contributed by atoms with Crippen molar-refractivity contribution in [2.24, 2.45) is 0 Å². The molecular weight excluding hydrogens is 176 g/mol. The van der Waals surface area contributed by atoms with Gasteiger partial charge in [0.1, 0.15) is 0 Å². The molecule has 0 aromatic rings. The minimum atomic E-state index is -0.116. The minimum Gasteiger partial charge on any atom is -0.317 e. The Morgan fingerprint density at radius 3 is 1.54 bits per heavy atom. The third-order valence-electron chi connectivity index (χ3n) is 2.37. The maximum absolute atomic E-state index is 2.69. The second-order valence-corrected chi connectivity index (χ2v) is 5.63. The molecule has 0 aliphatic rings. The lowest BCUT2D eigenvalue weighted by molar-refractivity contribution is 0.376. The molecule has 0 amide bonds. The van der Waals surface area contributed by atoms with Crippen LogP contribution in [0.2, 0.25) is 0 Å². The van der Waals surface area contributed by atoms with Gasteiger partial charge in [-0.2, -0.15) is 0 Å². The van der Waals surface area contributed by atoms with Crippen molar-refractivity contribution in [1.29, 1.82) is 0 Å². The van der Waals surface area contributed by atoms with Crippen LogP contribution in [0.5, 0.6) is 0 Å². The van der Waals surface area contributed by atoms with E-state index < -0.39 is 0 Å². The maximum Gasteiger partial charge on any atom is 0.172 e. The first-order valence-electron chi connectivity index (χ1n) is 5.73. The SMILES string of the molecule is CCCN(CCC)[SiH2]N(CC)CC. The van der Waals surface area contributed by atoms with Gasteiger partial charge in [-0.25, -0.2) is 0 Å². The molecule has 0 aromatic heterocycles. The zero-order valence-electron chi connectivity index (χ0n) is 9.84. The van der Waals surface area contributed by atoms with Crippen LogP contribution in [-0.4, -0.2) is 45.2 Å². The molecule has 0 saturated heterocycles. The van der Waals surface area contributed by atoms with Crippen molar-refractivity contribution in [2.75, 3.05) is 26.2 Å². The van der Waals surface area contributed by atoms with Gasteiger partial charge in [0.25, 0.3) is 0 Å². The van der Waals surface area contributed by atoms with Crippen molar-refractivity contribution >= 4 is 9.84 Å². The summed E-state index contributed by atoms with van der Waals surface area (Å²) in [5.41, 5.74) is 0. The largest absolute Gasteiger partial charge is 0.317 e. The fourth-order valence-electron chi connectivity index (χ4n) is 1.59. The van der Waals surface area contributed by atoms with Crippen molar-refractivity contribution in [3.05, 3.63) is 0 Å². The highest BCUT2D eigenvalue weighted by Gasteiger charge is 2.07. The second kappa shape index (κ2) is 8.72. The molecule has 0 unspecified atom stereocenters. The van der Waals surface area contributed by atoms with E-state index >= 15 is 0 Å². The Morgan fingerprint density at radius 2 is 1.23 bits per heavy atom. The van der Waals surface area contributed by atoms with Crippen LogP contribution in [0.4, 0.5) is 0 Å². The Bertz CT molecular complexity index is 99.1. The smallest absolute Gasteiger partial charge is 0.172 e. The third kappa shape index (κ3) is 6.24. The molecule has 0 heterocycles. The fraction of sp³-hybridized carbons (Fsp3) is 1.00. The minimum absolute atomic E-state index is 0.116. The van der Waals surface area contributed by atoms with Gasteiger partial charge in [0.2, 0.25) is 0 Å². The molecule has 3 heteroatoms. The first-order valence-corrected chi connectivity index (χ1v) is 6.99. The molecule has 0 fully saturated rings. The molecule has 0 aromatic carbocycles. The van der Waals surface area contributed by atoms with Gasteiger partial charge in [-0.1, -0.05) is 27.7 Å². The molecule has 0 bridgehead atoms. The lowest BCUT2D eigenvalue weighted by atomic mass is 10.4. The Kier molecular flexibility index (Phi) is 8.81. The van der Waals surface area contributed by atoms with Gasteiger partial charge in [0.05, 0.1) is 0 Å². The summed E-state index contributed by atoms with van der Waals surface area (Å²) in [5.74, 6) is 0. The van der Waals surface area contributed by atoms with E-state index in [-0.39, 0.29) is 9.84 Å². The molecule has 13 heavy (non-hydrogen) atoms. The van der Waals surface area contributed by atoms with E-state index in [1.807, 2.05) is 0 Å². The molecule has 2 nitrogen and oxygen atoms in total. The summed E-state index contributed by atoms with van der Waals surface area (Å²) < 4.78 is 5.30. The van der Waals surface area contributed by atoms with Gasteiger partial charge < -0.3 is 9.13 Å². The monoisotopic (exact) mass is 202 g/mol. The Labute approximate surface area is 86.3 Å². The summed E-state index contributed by atoms with van der Waals surface area (Å²) in [4.78, 5) is 0. The van der Waals surface area contributed by atoms with Crippen molar-refractivity contribution in [2.45, 2.75) is 40.5 Å². The van der Waals surface area contributed by atoms with Crippen LogP contribution in [0.15, 0.2) is 0 Å². The number of hydrogen-bond acceptors (Lipinski definition) is 2. The highest BCUT2D eigenvalue weighted by atomic mass is 28.2. The van der Waals surface area contributed by atoms with Crippen LogP contribution >= 0.6 is 0 Å². The number of hydrogen-bond donors (Lipinski definition) is 0. The zero-order chi connectivity index (χ0) is 10.1. The standard InChI is InChI=1S/C10H26N2Si/c1-5-9-12(10-6-2)13-11(7-3)8-4/h5-10,13H2,1-4H3. The predicted octanol–water partition coefficient (Wildman–Crippen LogP) is 1.45. The summed E-state index contributed by atoms with van der Waals surface area (Å²) in [5, 5.41) is 0. The molecule has 0 N–H and O–H groups in total. The average molecular weight is 202 g/mol. The molecule has 0 saturated carbocycles. The van der Waals surface area contributed by atoms with Gasteiger partial charge in [-0.15, -0.1) is 0 Å². The van der Waals surface area contributed by atoms with Gasteiger partial charge in [-0.05, 0) is 39.0 Å². The lowest BCUT2D eigenvalue weighted by Crippen LogP contribution is -2.42. The van der Waals surface area contributed by atoms with E-state index in [2.05, 4.69) is 36.8 Å². The van der Waals surface area contributed by atoms with Gasteiger partial charge in [0, 0.05) is 0 Å². The lowest BCUT2D eigenvalue weighted by Gasteiger charge is -2.27. The number of nitrogens with zero attached hydrogens (tertiary/aromatic N) is 2. The molecule has 0 spiro atoms.